The number of methoxy groups -OCH3 is 1. The quantitative estimate of drug-likeness (QED) is 0.772. The molecule has 1 unspecified atom stereocenters. The third-order valence-electron chi connectivity index (χ3n) is 2.20. The number of ether oxygens (including phenoxy) is 2. The van der Waals surface area contributed by atoms with Gasteiger partial charge in [-0.05, 0) is 61.9 Å². The maximum atomic E-state index is 5.90. The van der Waals surface area contributed by atoms with Crippen molar-refractivity contribution < 1.29 is 9.47 Å². The first kappa shape index (κ1) is 13.8. The zero-order valence-corrected chi connectivity index (χ0v) is 12.7. The Labute approximate surface area is 111 Å². The predicted octanol–water partition coefficient (Wildman–Crippen LogP) is 4.18. The van der Waals surface area contributed by atoms with Gasteiger partial charge in [-0.2, -0.15) is 0 Å². The molecule has 3 heteroatoms. The van der Waals surface area contributed by atoms with Crippen molar-refractivity contribution in [2.24, 2.45) is 0 Å². The van der Waals surface area contributed by atoms with Crippen molar-refractivity contribution in [1.29, 1.82) is 0 Å². The van der Waals surface area contributed by atoms with Crippen LogP contribution < -0.4 is 4.74 Å². The van der Waals surface area contributed by atoms with E-state index in [1.165, 1.54) is 5.56 Å². The van der Waals surface area contributed by atoms with Gasteiger partial charge >= 0.3 is 0 Å². The summed E-state index contributed by atoms with van der Waals surface area (Å²) in [4.78, 5) is 0. The van der Waals surface area contributed by atoms with Crippen LogP contribution in [0.5, 0.6) is 5.75 Å². The lowest BCUT2D eigenvalue weighted by Crippen LogP contribution is -2.23. The molecule has 0 aliphatic carbocycles. The lowest BCUT2D eigenvalue weighted by molar-refractivity contribution is 0.114. The summed E-state index contributed by atoms with van der Waals surface area (Å²) in [6.07, 6.45) is 0.0930. The Morgan fingerprint density at radius 3 is 2.38 bits per heavy atom. The zero-order valence-electron chi connectivity index (χ0n) is 10.5. The second-order valence-corrected chi connectivity index (χ2v) is 5.83. The Morgan fingerprint density at radius 2 is 1.88 bits per heavy atom. The molecule has 0 N–H and O–H groups in total. The summed E-state index contributed by atoms with van der Waals surface area (Å²) in [6.45, 7) is 8.19. The minimum absolute atomic E-state index is 0.0930. The molecule has 0 radical (unpaired) electrons. The van der Waals surface area contributed by atoms with E-state index in [1.807, 2.05) is 19.1 Å². The third kappa shape index (κ3) is 3.63. The van der Waals surface area contributed by atoms with E-state index in [0.29, 0.717) is 0 Å². The van der Waals surface area contributed by atoms with Crippen molar-refractivity contribution in [3.05, 3.63) is 27.3 Å². The Bertz CT molecular complexity index is 355. The van der Waals surface area contributed by atoms with Crippen molar-refractivity contribution in [3.63, 3.8) is 0 Å². The van der Waals surface area contributed by atoms with Crippen LogP contribution in [-0.2, 0) is 4.74 Å². The van der Waals surface area contributed by atoms with Crippen molar-refractivity contribution in [2.45, 2.75) is 39.4 Å². The number of hydrogen-bond acceptors (Lipinski definition) is 2. The van der Waals surface area contributed by atoms with Crippen molar-refractivity contribution in [1.82, 2.24) is 0 Å². The molecule has 1 aromatic rings. The van der Waals surface area contributed by atoms with Crippen LogP contribution in [0.25, 0.3) is 0 Å². The molecular weight excluding hydrogens is 315 g/mol. The van der Waals surface area contributed by atoms with Crippen molar-refractivity contribution >= 4 is 22.6 Å². The molecule has 0 bridgehead atoms. The predicted molar refractivity (Wildman–Crippen MR) is 75.0 cm³/mol. The molecule has 0 heterocycles. The lowest BCUT2D eigenvalue weighted by Gasteiger charge is -2.23. The Hall–Kier alpha value is -0.290. The molecule has 0 saturated heterocycles. The lowest BCUT2D eigenvalue weighted by atomic mass is 10.1. The molecule has 1 rings (SSSR count). The van der Waals surface area contributed by atoms with Crippen molar-refractivity contribution in [3.8, 4) is 5.75 Å². The maximum Gasteiger partial charge on any atom is 0.133 e. The molecule has 1 atom stereocenters. The van der Waals surface area contributed by atoms with Gasteiger partial charge in [-0.25, -0.2) is 0 Å². The first-order valence-corrected chi connectivity index (χ1v) is 6.43. The number of hydrogen-bond donors (Lipinski definition) is 0. The van der Waals surface area contributed by atoms with E-state index in [0.717, 1.165) is 9.32 Å². The van der Waals surface area contributed by atoms with Gasteiger partial charge in [-0.3, -0.25) is 0 Å². The van der Waals surface area contributed by atoms with Crippen LogP contribution in [-0.4, -0.2) is 12.7 Å². The standard InChI is InChI=1S/C13H19IO2/c1-9(15-5)10-7-6-8-11(12(10)14)16-13(2,3)4/h6-9H,1-5H3. The molecule has 0 aliphatic heterocycles. The van der Waals surface area contributed by atoms with E-state index in [-0.39, 0.29) is 11.7 Å². The summed E-state index contributed by atoms with van der Waals surface area (Å²) in [5.41, 5.74) is 0.999. The molecule has 2 nitrogen and oxygen atoms in total. The van der Waals surface area contributed by atoms with Gasteiger partial charge in [0.2, 0.25) is 0 Å². The summed E-state index contributed by atoms with van der Waals surface area (Å²) in [5.74, 6) is 0.925. The first-order valence-electron chi connectivity index (χ1n) is 5.35. The average molecular weight is 334 g/mol. The smallest absolute Gasteiger partial charge is 0.133 e. The summed E-state index contributed by atoms with van der Waals surface area (Å²) < 4.78 is 12.4. The Balaban J connectivity index is 3.04. The largest absolute Gasteiger partial charge is 0.487 e. The molecule has 16 heavy (non-hydrogen) atoms. The Morgan fingerprint density at radius 1 is 1.25 bits per heavy atom. The minimum Gasteiger partial charge on any atom is -0.487 e. The van der Waals surface area contributed by atoms with Crippen LogP contribution in [0.4, 0.5) is 0 Å². The molecule has 0 saturated carbocycles. The fourth-order valence-corrected chi connectivity index (χ4v) is 2.29. The van der Waals surface area contributed by atoms with E-state index in [1.54, 1.807) is 7.11 Å². The number of rotatable bonds is 3. The summed E-state index contributed by atoms with van der Waals surface area (Å²) >= 11 is 2.31. The third-order valence-corrected chi connectivity index (χ3v) is 3.36. The highest BCUT2D eigenvalue weighted by Crippen LogP contribution is 2.31. The highest BCUT2D eigenvalue weighted by molar-refractivity contribution is 14.1. The summed E-state index contributed by atoms with van der Waals surface area (Å²) in [5, 5.41) is 0. The first-order chi connectivity index (χ1) is 7.35. The number of halogens is 1. The molecule has 0 spiro atoms. The van der Waals surface area contributed by atoms with Crippen LogP contribution >= 0.6 is 22.6 Å². The van der Waals surface area contributed by atoms with Gasteiger partial charge in [0.15, 0.2) is 0 Å². The van der Waals surface area contributed by atoms with Gasteiger partial charge in [-0.15, -0.1) is 0 Å². The normalized spacial score (nSPS) is 13.6. The van der Waals surface area contributed by atoms with Crippen LogP contribution in [0.3, 0.4) is 0 Å². The van der Waals surface area contributed by atoms with Crippen molar-refractivity contribution in [2.75, 3.05) is 7.11 Å². The highest BCUT2D eigenvalue weighted by Gasteiger charge is 2.17. The zero-order chi connectivity index (χ0) is 12.3. The van der Waals surface area contributed by atoms with Crippen LogP contribution in [0, 0.1) is 3.57 Å². The fraction of sp³-hybridized carbons (Fsp3) is 0.538. The average Bonchev–Trinajstić information content (AvgIpc) is 2.18. The molecule has 0 aliphatic rings. The summed E-state index contributed by atoms with van der Waals surface area (Å²) in [7, 11) is 1.72. The molecule has 0 aromatic heterocycles. The van der Waals surface area contributed by atoms with E-state index in [4.69, 9.17) is 9.47 Å². The van der Waals surface area contributed by atoms with Crippen LogP contribution in [0.2, 0.25) is 0 Å². The van der Waals surface area contributed by atoms with Gasteiger partial charge in [0.05, 0.1) is 9.67 Å². The van der Waals surface area contributed by atoms with Gasteiger partial charge < -0.3 is 9.47 Å². The van der Waals surface area contributed by atoms with E-state index in [9.17, 15) is 0 Å². The van der Waals surface area contributed by atoms with Crippen LogP contribution in [0.15, 0.2) is 18.2 Å². The van der Waals surface area contributed by atoms with E-state index < -0.39 is 0 Å². The fourth-order valence-electron chi connectivity index (χ4n) is 1.38. The van der Waals surface area contributed by atoms with Gasteiger partial charge in [-0.1, -0.05) is 12.1 Å². The Kier molecular flexibility index (Phi) is 4.62. The van der Waals surface area contributed by atoms with E-state index >= 15 is 0 Å². The van der Waals surface area contributed by atoms with E-state index in [2.05, 4.69) is 49.4 Å². The molecule has 0 fully saturated rings. The van der Waals surface area contributed by atoms with Gasteiger partial charge in [0, 0.05) is 7.11 Å². The molecular formula is C13H19IO2. The summed E-state index contributed by atoms with van der Waals surface area (Å²) in [6, 6.07) is 6.08. The molecule has 1 aromatic carbocycles. The SMILES string of the molecule is COC(C)c1cccc(OC(C)(C)C)c1I. The van der Waals surface area contributed by atoms with Gasteiger partial charge in [0.1, 0.15) is 11.4 Å². The minimum atomic E-state index is -0.172. The second-order valence-electron chi connectivity index (χ2n) is 4.75. The number of benzene rings is 1. The van der Waals surface area contributed by atoms with Crippen LogP contribution in [0.1, 0.15) is 39.4 Å². The monoisotopic (exact) mass is 334 g/mol. The second kappa shape index (κ2) is 5.36. The molecule has 90 valence electrons. The highest BCUT2D eigenvalue weighted by atomic mass is 127. The topological polar surface area (TPSA) is 18.5 Å². The molecule has 0 amide bonds. The van der Waals surface area contributed by atoms with Gasteiger partial charge in [0.25, 0.3) is 0 Å². The maximum absolute atomic E-state index is 5.90.